The fourth-order valence-electron chi connectivity index (χ4n) is 9.19. The van der Waals surface area contributed by atoms with Crippen molar-refractivity contribution in [2.24, 2.45) is 0 Å². The molecule has 0 atom stereocenters. The largest absolute Gasteiger partial charge is 0.290 e. The molecule has 0 N–H and O–H groups in total. The highest BCUT2D eigenvalue weighted by Gasteiger charge is 2.32. The Morgan fingerprint density at radius 2 is 0.698 bits per heavy atom. The van der Waals surface area contributed by atoms with Crippen molar-refractivity contribution in [2.75, 3.05) is 0 Å². The fraction of sp³-hybridized carbons (Fsp3) is 0.250. The molecular weight excluding hydrogens is 702 g/mol. The van der Waals surface area contributed by atoms with E-state index in [4.69, 9.17) is 11.2 Å². The van der Waals surface area contributed by atoms with E-state index in [0.29, 0.717) is 0 Å². The molecule has 7 aromatic rings. The van der Waals surface area contributed by atoms with Crippen LogP contribution in [0.2, 0.25) is 0 Å². The Hall–Kier alpha value is -4.19. The predicted molar refractivity (Wildman–Crippen MR) is 232 cm³/mol. The molecule has 53 heavy (non-hydrogen) atoms. The van der Waals surface area contributed by atoms with E-state index in [9.17, 15) is 0 Å². The first-order valence-corrected chi connectivity index (χ1v) is 21.5. The van der Waals surface area contributed by atoms with Gasteiger partial charge in [-0.3, -0.25) is 0 Å². The minimum absolute atomic E-state index is 1.04. The molecule has 0 fully saturated rings. The van der Waals surface area contributed by atoms with Crippen LogP contribution in [0.3, 0.4) is 0 Å². The molecular formula is C48H50ClN2P2+. The molecule has 0 bridgehead atoms. The molecule has 0 spiro atoms. The molecule has 1 aromatic heterocycles. The van der Waals surface area contributed by atoms with Crippen molar-refractivity contribution in [1.29, 1.82) is 0 Å². The van der Waals surface area contributed by atoms with Crippen LogP contribution in [0.1, 0.15) is 66.8 Å². The number of rotatable bonds is 6. The second-order valence-electron chi connectivity index (χ2n) is 15.4. The highest BCUT2D eigenvalue weighted by atomic mass is 35.7. The van der Waals surface area contributed by atoms with Crippen LogP contribution in [0.25, 0.3) is 55.9 Å². The molecule has 0 amide bonds. The second kappa shape index (κ2) is 14.2. The van der Waals surface area contributed by atoms with Crippen LogP contribution in [0.4, 0.5) is 0 Å². The Labute approximate surface area is 324 Å². The van der Waals surface area contributed by atoms with Gasteiger partial charge in [0, 0.05) is 33.5 Å². The summed E-state index contributed by atoms with van der Waals surface area (Å²) in [6, 6.07) is 32.2. The minimum atomic E-state index is -1.30. The lowest BCUT2D eigenvalue weighted by Gasteiger charge is -2.25. The molecule has 0 radical (unpaired) electrons. The molecule has 0 saturated carbocycles. The summed E-state index contributed by atoms with van der Waals surface area (Å²) < 4.78 is 4.92. The summed E-state index contributed by atoms with van der Waals surface area (Å²) in [5, 5.41) is 0. The third-order valence-electron chi connectivity index (χ3n) is 10.7. The summed E-state index contributed by atoms with van der Waals surface area (Å²) in [6.45, 7) is 26.7. The number of halogens is 1. The quantitative estimate of drug-likeness (QED) is 0.160. The molecule has 0 unspecified atom stereocenters. The maximum atomic E-state index is 7.92. The second-order valence-corrected chi connectivity index (χ2v) is 19.2. The lowest BCUT2D eigenvalue weighted by Crippen LogP contribution is -2.32. The van der Waals surface area contributed by atoms with Crippen molar-refractivity contribution in [3.05, 3.63) is 152 Å². The highest BCUT2D eigenvalue weighted by molar-refractivity contribution is 7.74. The van der Waals surface area contributed by atoms with E-state index in [-0.39, 0.29) is 0 Å². The van der Waals surface area contributed by atoms with Crippen molar-refractivity contribution in [1.82, 2.24) is 4.09 Å². The van der Waals surface area contributed by atoms with Crippen LogP contribution in [-0.4, -0.2) is 4.09 Å². The van der Waals surface area contributed by atoms with Crippen molar-refractivity contribution in [3.63, 3.8) is 0 Å². The van der Waals surface area contributed by atoms with Crippen LogP contribution in [0.5, 0.6) is 0 Å². The van der Waals surface area contributed by atoms with E-state index >= 15 is 0 Å². The Kier molecular flexibility index (Phi) is 9.97. The maximum absolute atomic E-state index is 7.92. The number of benzene rings is 6. The summed E-state index contributed by atoms with van der Waals surface area (Å²) in [5.41, 5.74) is 28.0. The molecule has 7 rings (SSSR count). The topological polar surface area (TPSA) is 8.81 Å². The molecule has 268 valence electrons. The average molecular weight is 752 g/mol. The van der Waals surface area contributed by atoms with E-state index < -0.39 is 7.20 Å². The third kappa shape index (κ3) is 6.55. The normalized spacial score (nSPS) is 12.0. The van der Waals surface area contributed by atoms with Crippen LogP contribution in [-0.2, 0) is 0 Å². The van der Waals surface area contributed by atoms with Gasteiger partial charge in [-0.05, 0) is 150 Å². The van der Waals surface area contributed by atoms with Gasteiger partial charge < -0.3 is 0 Å². The number of aromatic nitrogens is 2. The van der Waals surface area contributed by atoms with Gasteiger partial charge in [0.1, 0.15) is 11.4 Å². The van der Waals surface area contributed by atoms with Crippen LogP contribution < -0.4 is 4.09 Å². The predicted octanol–water partition coefficient (Wildman–Crippen LogP) is 14.7. The monoisotopic (exact) mass is 751 g/mol. The molecule has 2 nitrogen and oxygen atoms in total. The van der Waals surface area contributed by atoms with Crippen molar-refractivity contribution < 1.29 is 4.09 Å². The van der Waals surface area contributed by atoms with Gasteiger partial charge in [0.2, 0.25) is 0 Å². The zero-order valence-corrected chi connectivity index (χ0v) is 35.8. The number of nitrogens with zero attached hydrogens (tertiary/aromatic N) is 2. The van der Waals surface area contributed by atoms with Gasteiger partial charge in [0.15, 0.2) is 0 Å². The molecule has 0 aliphatic heterocycles. The van der Waals surface area contributed by atoms with Gasteiger partial charge in [0.25, 0.3) is 15.7 Å². The summed E-state index contributed by atoms with van der Waals surface area (Å²) >= 11 is 7.92. The van der Waals surface area contributed by atoms with Crippen LogP contribution in [0, 0.1) is 83.1 Å². The fourth-order valence-corrected chi connectivity index (χ4v) is 12.9. The van der Waals surface area contributed by atoms with Gasteiger partial charge in [-0.1, -0.05) is 107 Å². The van der Waals surface area contributed by atoms with Crippen LogP contribution in [0.15, 0.2) is 84.9 Å². The standard InChI is InChI=1S/C48H50ClN2P2/c1-27-19-31(5)43(32(6)20-27)39-15-13-16-40(44-33(7)21-28(2)22-34(44)8)47(39)50-52-51(53(50)49)48-41(45-35(9)23-29(3)24-36(45)10)17-14-18-42(48)46-37(11)25-30(4)26-38(46)12/h13-26H,1-12H3/q+1. The molecule has 1 heterocycles. The van der Waals surface area contributed by atoms with Gasteiger partial charge in [-0.15, -0.1) is 0 Å². The first-order valence-electron chi connectivity index (χ1n) is 18.5. The van der Waals surface area contributed by atoms with E-state index in [1.165, 1.54) is 123 Å². The lowest BCUT2D eigenvalue weighted by atomic mass is 9.87. The smallest absolute Gasteiger partial charge is 0.161 e. The number of aryl methyl sites for hydroxylation is 12. The molecule has 6 aromatic carbocycles. The molecule has 0 saturated heterocycles. The minimum Gasteiger partial charge on any atom is -0.161 e. The van der Waals surface area contributed by atoms with Gasteiger partial charge in [-0.25, -0.2) is 0 Å². The summed E-state index contributed by atoms with van der Waals surface area (Å²) in [5.74, 6) is 0. The van der Waals surface area contributed by atoms with E-state index in [2.05, 4.69) is 176 Å². The first kappa shape index (κ1) is 37.1. The summed E-state index contributed by atoms with van der Waals surface area (Å²) in [6.07, 6.45) is 0. The van der Waals surface area contributed by atoms with Crippen molar-refractivity contribution >= 4 is 27.0 Å². The first-order chi connectivity index (χ1) is 25.2. The molecule has 0 aliphatic rings. The molecule has 0 aliphatic carbocycles. The molecule has 5 heteroatoms. The number of hydrogen-bond donors (Lipinski definition) is 0. The Bertz CT molecular complexity index is 2180. The average Bonchev–Trinajstić information content (AvgIpc) is 3.04. The summed E-state index contributed by atoms with van der Waals surface area (Å²) in [7, 11) is -0.260. The van der Waals surface area contributed by atoms with E-state index in [1.54, 1.807) is 0 Å². The van der Waals surface area contributed by atoms with Crippen LogP contribution >= 0.6 is 27.0 Å². The summed E-state index contributed by atoms with van der Waals surface area (Å²) in [4.78, 5) is 0. The Morgan fingerprint density at radius 1 is 0.434 bits per heavy atom. The van der Waals surface area contributed by atoms with Gasteiger partial charge in [0.05, 0.1) is 0 Å². The van der Waals surface area contributed by atoms with Crippen molar-refractivity contribution in [3.8, 4) is 55.9 Å². The zero-order valence-electron chi connectivity index (χ0n) is 33.2. The van der Waals surface area contributed by atoms with E-state index in [0.717, 1.165) is 8.51 Å². The van der Waals surface area contributed by atoms with Gasteiger partial charge in [-0.2, -0.15) is 8.18 Å². The highest BCUT2D eigenvalue weighted by Crippen LogP contribution is 2.51. The van der Waals surface area contributed by atoms with E-state index in [1.807, 2.05) is 0 Å². The number of para-hydroxylation sites is 2. The van der Waals surface area contributed by atoms with Gasteiger partial charge >= 0.3 is 0 Å². The SMILES string of the molecule is Cc1cc(C)c(-c2cccc(-c3c(C)cc(C)cc3C)c2-n2p[n+](-c3c(-c4c(C)cc(C)cc4C)cccc3-c3c(C)cc(C)cc3C)p2Cl)c(C)c1. The third-order valence-corrected chi connectivity index (χ3v) is 15.5. The van der Waals surface area contributed by atoms with Crippen molar-refractivity contribution in [2.45, 2.75) is 83.1 Å². The number of hydrogen-bond acceptors (Lipinski definition) is 0. The Balaban J connectivity index is 1.57. The lowest BCUT2D eigenvalue weighted by molar-refractivity contribution is -0.447. The Morgan fingerprint density at radius 3 is 0.981 bits per heavy atom. The zero-order chi connectivity index (χ0) is 38.0. The maximum Gasteiger partial charge on any atom is 0.290 e.